The average Bonchev–Trinajstić information content (AvgIpc) is 2.83. The monoisotopic (exact) mass is 487 g/mol. The Morgan fingerprint density at radius 3 is 2.45 bits per heavy atom. The predicted octanol–water partition coefficient (Wildman–Crippen LogP) is 6.41. The van der Waals surface area contributed by atoms with E-state index in [0.29, 0.717) is 50.7 Å². The summed E-state index contributed by atoms with van der Waals surface area (Å²) in [5.74, 6) is 1.44. The van der Waals surface area contributed by atoms with Gasteiger partial charge >= 0.3 is 6.03 Å². The summed E-state index contributed by atoms with van der Waals surface area (Å²) in [5, 5.41) is 6.24. The summed E-state index contributed by atoms with van der Waals surface area (Å²) in [4.78, 5) is 28.3. The maximum absolute atomic E-state index is 12.4. The van der Waals surface area contributed by atoms with Gasteiger partial charge in [0.2, 0.25) is 0 Å². The van der Waals surface area contributed by atoms with E-state index in [0.717, 1.165) is 5.56 Å². The minimum absolute atomic E-state index is 0.0483. The first-order valence-corrected chi connectivity index (χ1v) is 10.9. The molecule has 2 aromatic carbocycles. The Morgan fingerprint density at radius 2 is 1.79 bits per heavy atom. The number of ether oxygens (including phenoxy) is 2. The van der Waals surface area contributed by atoms with Crippen LogP contribution in [0, 0.1) is 6.92 Å². The average molecular weight is 488 g/mol. The van der Waals surface area contributed by atoms with Crippen LogP contribution < -0.4 is 20.1 Å². The van der Waals surface area contributed by atoms with E-state index in [9.17, 15) is 9.59 Å². The summed E-state index contributed by atoms with van der Waals surface area (Å²) in [5.41, 5.74) is 2.22. The molecular formula is C24H23Cl2N3O4. The van der Waals surface area contributed by atoms with Gasteiger partial charge in [-0.05, 0) is 36.2 Å². The lowest BCUT2D eigenvalue weighted by Gasteiger charge is -2.15. The summed E-state index contributed by atoms with van der Waals surface area (Å²) in [6.45, 7) is 3.82. The number of urea groups is 1. The molecule has 2 amide bonds. The molecule has 0 fully saturated rings. The summed E-state index contributed by atoms with van der Waals surface area (Å²) in [6, 6.07) is 11.7. The molecule has 33 heavy (non-hydrogen) atoms. The van der Waals surface area contributed by atoms with E-state index in [1.807, 2.05) is 12.1 Å². The van der Waals surface area contributed by atoms with Crippen LogP contribution in [0.15, 0.2) is 48.7 Å². The second-order valence-corrected chi connectivity index (χ2v) is 7.87. The number of ketones is 1. The maximum atomic E-state index is 12.4. The molecule has 0 saturated carbocycles. The van der Waals surface area contributed by atoms with Crippen LogP contribution in [0.4, 0.5) is 10.5 Å². The molecule has 7 nitrogen and oxygen atoms in total. The normalized spacial score (nSPS) is 10.5. The number of carbonyl (C=O) groups is 2. The van der Waals surface area contributed by atoms with E-state index in [2.05, 4.69) is 15.6 Å². The van der Waals surface area contributed by atoms with Gasteiger partial charge in [0.05, 0.1) is 12.1 Å². The fraction of sp³-hybridized carbons (Fsp3) is 0.208. The van der Waals surface area contributed by atoms with Crippen LogP contribution in [0.5, 0.6) is 17.2 Å². The van der Waals surface area contributed by atoms with Crippen molar-refractivity contribution in [2.75, 3.05) is 12.4 Å². The van der Waals surface area contributed by atoms with Crippen molar-refractivity contribution in [1.82, 2.24) is 10.3 Å². The Morgan fingerprint density at radius 1 is 1.06 bits per heavy atom. The zero-order valence-electron chi connectivity index (χ0n) is 18.4. The van der Waals surface area contributed by atoms with Crippen LogP contribution in [-0.4, -0.2) is 23.9 Å². The first kappa shape index (κ1) is 24.4. The molecule has 0 radical (unpaired) electrons. The second kappa shape index (κ2) is 11.0. The number of aromatic nitrogens is 1. The quantitative estimate of drug-likeness (QED) is 0.358. The topological polar surface area (TPSA) is 89.5 Å². The highest BCUT2D eigenvalue weighted by molar-refractivity contribution is 6.38. The van der Waals surface area contributed by atoms with Crippen molar-refractivity contribution < 1.29 is 19.1 Å². The van der Waals surface area contributed by atoms with Gasteiger partial charge in [0.25, 0.3) is 0 Å². The van der Waals surface area contributed by atoms with E-state index >= 15 is 0 Å². The summed E-state index contributed by atoms with van der Waals surface area (Å²) in [7, 11) is 1.47. The van der Waals surface area contributed by atoms with Crippen molar-refractivity contribution in [3.8, 4) is 17.2 Å². The fourth-order valence-corrected chi connectivity index (χ4v) is 3.42. The number of carbonyl (C=O) groups excluding carboxylic acids is 2. The largest absolute Gasteiger partial charge is 0.494 e. The van der Waals surface area contributed by atoms with Gasteiger partial charge in [-0.1, -0.05) is 42.3 Å². The van der Waals surface area contributed by atoms with Gasteiger partial charge in [0.1, 0.15) is 28.6 Å². The number of hydrogen-bond acceptors (Lipinski definition) is 5. The van der Waals surface area contributed by atoms with Gasteiger partial charge in [-0.15, -0.1) is 0 Å². The number of anilines is 1. The van der Waals surface area contributed by atoms with E-state index in [-0.39, 0.29) is 12.3 Å². The first-order valence-electron chi connectivity index (χ1n) is 10.2. The van der Waals surface area contributed by atoms with Crippen LogP contribution in [0.2, 0.25) is 10.0 Å². The number of Topliss-reactive ketones (excluding diaryl/α,β-unsaturated/α-hetero) is 1. The van der Waals surface area contributed by atoms with Crippen LogP contribution in [0.3, 0.4) is 0 Å². The molecule has 2 N–H and O–H groups in total. The van der Waals surface area contributed by atoms with Gasteiger partial charge in [0.15, 0.2) is 5.78 Å². The Hall–Kier alpha value is -3.29. The summed E-state index contributed by atoms with van der Waals surface area (Å²) in [6.07, 6.45) is 1.92. The van der Waals surface area contributed by atoms with Gasteiger partial charge in [-0.3, -0.25) is 9.78 Å². The number of rotatable bonds is 8. The third-order valence-corrected chi connectivity index (χ3v) is 5.68. The van der Waals surface area contributed by atoms with E-state index in [1.54, 1.807) is 50.4 Å². The summed E-state index contributed by atoms with van der Waals surface area (Å²) < 4.78 is 11.1. The molecule has 9 heteroatoms. The molecule has 172 valence electrons. The van der Waals surface area contributed by atoms with Crippen molar-refractivity contribution in [2.24, 2.45) is 0 Å². The van der Waals surface area contributed by atoms with Crippen LogP contribution in [-0.2, 0) is 6.54 Å². The number of halogens is 2. The van der Waals surface area contributed by atoms with Crippen molar-refractivity contribution >= 4 is 40.7 Å². The third-order valence-electron chi connectivity index (χ3n) is 4.82. The molecular weight excluding hydrogens is 465 g/mol. The molecule has 0 saturated heterocycles. The second-order valence-electron chi connectivity index (χ2n) is 7.08. The van der Waals surface area contributed by atoms with Crippen LogP contribution in [0.25, 0.3) is 0 Å². The van der Waals surface area contributed by atoms with Crippen molar-refractivity contribution in [3.63, 3.8) is 0 Å². The number of nitrogens with zero attached hydrogens (tertiary/aromatic N) is 1. The van der Waals surface area contributed by atoms with Crippen molar-refractivity contribution in [1.29, 1.82) is 0 Å². The third kappa shape index (κ3) is 6.15. The lowest BCUT2D eigenvalue weighted by Crippen LogP contribution is -2.28. The number of amides is 2. The molecule has 0 atom stereocenters. The Kier molecular flexibility index (Phi) is 8.14. The standard InChI is InChI=1S/C24H23Cl2N3O4/c1-4-20(30)19-11-17(9-10-27-19)33-16-7-5-15(6-8-16)13-28-24(31)29-23-21(32-3)12-18(25)14(2)22(23)26/h5-12H,4,13H2,1-3H3,(H2,28,29,31). The molecule has 1 aromatic heterocycles. The van der Waals surface area contributed by atoms with Gasteiger partial charge < -0.3 is 20.1 Å². The minimum atomic E-state index is -0.442. The smallest absolute Gasteiger partial charge is 0.319 e. The van der Waals surface area contributed by atoms with Gasteiger partial charge in [0, 0.05) is 36.3 Å². The van der Waals surface area contributed by atoms with Gasteiger partial charge in [-0.2, -0.15) is 0 Å². The summed E-state index contributed by atoms with van der Waals surface area (Å²) >= 11 is 12.4. The Bertz CT molecular complexity index is 1170. The van der Waals surface area contributed by atoms with Crippen LogP contribution >= 0.6 is 23.2 Å². The molecule has 0 bridgehead atoms. The molecule has 0 aliphatic carbocycles. The minimum Gasteiger partial charge on any atom is -0.494 e. The fourth-order valence-electron chi connectivity index (χ4n) is 2.93. The first-order chi connectivity index (χ1) is 15.8. The van der Waals surface area contributed by atoms with E-state index in [1.165, 1.54) is 7.11 Å². The number of methoxy groups -OCH3 is 1. The number of benzene rings is 2. The Labute approximate surface area is 202 Å². The molecule has 0 aliphatic rings. The number of nitrogens with one attached hydrogen (secondary N) is 2. The predicted molar refractivity (Wildman–Crippen MR) is 129 cm³/mol. The molecule has 3 rings (SSSR count). The van der Waals surface area contributed by atoms with Crippen LogP contribution in [0.1, 0.15) is 35.0 Å². The number of pyridine rings is 1. The number of hydrogen-bond donors (Lipinski definition) is 2. The maximum Gasteiger partial charge on any atom is 0.319 e. The molecule has 0 unspecified atom stereocenters. The zero-order chi connectivity index (χ0) is 24.0. The lowest BCUT2D eigenvalue weighted by atomic mass is 10.2. The molecule has 3 aromatic rings. The van der Waals surface area contributed by atoms with E-state index < -0.39 is 6.03 Å². The Balaban J connectivity index is 1.60. The molecule has 0 aliphatic heterocycles. The van der Waals surface area contributed by atoms with Gasteiger partial charge in [-0.25, -0.2) is 4.79 Å². The van der Waals surface area contributed by atoms with Crippen molar-refractivity contribution in [2.45, 2.75) is 26.8 Å². The highest BCUT2D eigenvalue weighted by Gasteiger charge is 2.16. The molecule has 0 spiro atoms. The SMILES string of the molecule is CCC(=O)c1cc(Oc2ccc(CNC(=O)Nc3c(OC)cc(Cl)c(C)c3Cl)cc2)ccn1. The zero-order valence-corrected chi connectivity index (χ0v) is 19.9. The lowest BCUT2D eigenvalue weighted by molar-refractivity contribution is 0.0983. The highest BCUT2D eigenvalue weighted by atomic mass is 35.5. The van der Waals surface area contributed by atoms with E-state index in [4.69, 9.17) is 32.7 Å². The molecule has 1 heterocycles. The highest BCUT2D eigenvalue weighted by Crippen LogP contribution is 2.39. The van der Waals surface area contributed by atoms with Crippen molar-refractivity contribution in [3.05, 3.63) is 75.5 Å².